The molecule has 1 amide bonds. The molecule has 0 unspecified atom stereocenters. The zero-order valence-electron chi connectivity index (χ0n) is 13.4. The molecule has 116 valence electrons. The fourth-order valence-electron chi connectivity index (χ4n) is 2.64. The van der Waals surface area contributed by atoms with Gasteiger partial charge in [0.05, 0.1) is 6.04 Å². The topological polar surface area (TPSA) is 50.4 Å². The van der Waals surface area contributed by atoms with Crippen molar-refractivity contribution in [2.45, 2.75) is 51.7 Å². The van der Waals surface area contributed by atoms with Crippen molar-refractivity contribution in [3.63, 3.8) is 0 Å². The van der Waals surface area contributed by atoms with Crippen LogP contribution in [0.5, 0.6) is 0 Å². The number of hydrogen-bond acceptors (Lipinski definition) is 3. The van der Waals surface area contributed by atoms with Crippen LogP contribution in [0.25, 0.3) is 0 Å². The van der Waals surface area contributed by atoms with Gasteiger partial charge in [-0.2, -0.15) is 0 Å². The maximum Gasteiger partial charge on any atom is 0.407 e. The maximum absolute atomic E-state index is 11.9. The summed E-state index contributed by atoms with van der Waals surface area (Å²) in [5, 5.41) is 6.34. The number of carbonyl (C=O) groups is 1. The molecule has 1 aliphatic rings. The first-order valence-corrected chi connectivity index (χ1v) is 7.68. The van der Waals surface area contributed by atoms with E-state index in [2.05, 4.69) is 41.8 Å². The maximum atomic E-state index is 11.9. The second kappa shape index (κ2) is 6.48. The normalized spacial score (nSPS) is 22.1. The molecular weight excluding hydrogens is 264 g/mol. The zero-order chi connectivity index (χ0) is 15.5. The van der Waals surface area contributed by atoms with Crippen LogP contribution in [0.3, 0.4) is 0 Å². The lowest BCUT2D eigenvalue weighted by Crippen LogP contribution is -2.42. The first kappa shape index (κ1) is 15.8. The lowest BCUT2D eigenvalue weighted by Gasteiger charge is -2.24. The number of aryl methyl sites for hydroxylation is 1. The predicted octanol–water partition coefficient (Wildman–Crippen LogP) is 2.83. The van der Waals surface area contributed by atoms with Crippen molar-refractivity contribution < 1.29 is 9.53 Å². The van der Waals surface area contributed by atoms with E-state index in [-0.39, 0.29) is 12.1 Å². The van der Waals surface area contributed by atoms with Gasteiger partial charge < -0.3 is 15.4 Å². The summed E-state index contributed by atoms with van der Waals surface area (Å²) in [7, 11) is 0. The minimum absolute atomic E-state index is 0.0762. The van der Waals surface area contributed by atoms with Crippen molar-refractivity contribution >= 4 is 6.09 Å². The molecule has 0 aliphatic carbocycles. The lowest BCUT2D eigenvalue weighted by molar-refractivity contribution is 0.0504. The standard InChI is InChI=1S/C17H26N2O2/c1-5-12-6-8-13(9-7-12)14-10-18-11-15(14)19-16(20)21-17(2,3)4/h6-9,14-15,18H,5,10-11H2,1-4H3,(H,19,20)/t14-,15+/m1/s1. The summed E-state index contributed by atoms with van der Waals surface area (Å²) in [4.78, 5) is 11.9. The van der Waals surface area contributed by atoms with Gasteiger partial charge in [0.2, 0.25) is 0 Å². The van der Waals surface area contributed by atoms with E-state index in [1.807, 2.05) is 20.8 Å². The molecule has 1 fully saturated rings. The molecule has 0 saturated carbocycles. The molecule has 4 nitrogen and oxygen atoms in total. The average Bonchev–Trinajstić information content (AvgIpc) is 2.84. The predicted molar refractivity (Wildman–Crippen MR) is 84.6 cm³/mol. The van der Waals surface area contributed by atoms with Crippen molar-refractivity contribution in [3.05, 3.63) is 35.4 Å². The molecule has 4 heteroatoms. The highest BCUT2D eigenvalue weighted by atomic mass is 16.6. The van der Waals surface area contributed by atoms with Crippen molar-refractivity contribution in [2.24, 2.45) is 0 Å². The van der Waals surface area contributed by atoms with E-state index in [9.17, 15) is 4.79 Å². The van der Waals surface area contributed by atoms with E-state index in [0.717, 1.165) is 19.5 Å². The summed E-state index contributed by atoms with van der Waals surface area (Å²) >= 11 is 0. The summed E-state index contributed by atoms with van der Waals surface area (Å²) in [6.07, 6.45) is 0.703. The Hall–Kier alpha value is -1.55. The third-order valence-electron chi connectivity index (χ3n) is 3.73. The van der Waals surface area contributed by atoms with Crippen molar-refractivity contribution in [2.75, 3.05) is 13.1 Å². The Morgan fingerprint density at radius 2 is 1.95 bits per heavy atom. The molecule has 2 atom stereocenters. The van der Waals surface area contributed by atoms with Crippen LogP contribution < -0.4 is 10.6 Å². The fourth-order valence-corrected chi connectivity index (χ4v) is 2.64. The van der Waals surface area contributed by atoms with Crippen LogP contribution in [0.15, 0.2) is 24.3 Å². The highest BCUT2D eigenvalue weighted by Crippen LogP contribution is 2.24. The Labute approximate surface area is 127 Å². The minimum Gasteiger partial charge on any atom is -0.444 e. The molecule has 0 aromatic heterocycles. The van der Waals surface area contributed by atoms with E-state index >= 15 is 0 Å². The Morgan fingerprint density at radius 3 is 2.52 bits per heavy atom. The number of amides is 1. The smallest absolute Gasteiger partial charge is 0.407 e. The molecule has 1 heterocycles. The average molecular weight is 290 g/mol. The molecule has 1 aliphatic heterocycles. The van der Waals surface area contributed by atoms with Crippen molar-refractivity contribution in [1.29, 1.82) is 0 Å². The third kappa shape index (κ3) is 4.46. The largest absolute Gasteiger partial charge is 0.444 e. The SMILES string of the molecule is CCc1ccc([C@H]2CNC[C@@H]2NC(=O)OC(C)(C)C)cc1. The van der Waals surface area contributed by atoms with Gasteiger partial charge in [0.1, 0.15) is 5.60 Å². The molecule has 1 aromatic rings. The first-order chi connectivity index (χ1) is 9.89. The van der Waals surface area contributed by atoms with Crippen molar-refractivity contribution in [3.8, 4) is 0 Å². The summed E-state index contributed by atoms with van der Waals surface area (Å²) in [5.74, 6) is 0.295. The second-order valence-corrected chi connectivity index (χ2v) is 6.61. The first-order valence-electron chi connectivity index (χ1n) is 7.68. The summed E-state index contributed by atoms with van der Waals surface area (Å²) in [5.41, 5.74) is 2.13. The molecule has 21 heavy (non-hydrogen) atoms. The van der Waals surface area contributed by atoms with E-state index < -0.39 is 5.60 Å². The second-order valence-electron chi connectivity index (χ2n) is 6.61. The summed E-state index contributed by atoms with van der Waals surface area (Å²) in [6, 6.07) is 8.74. The van der Waals surface area contributed by atoms with Crippen LogP contribution in [0.1, 0.15) is 44.7 Å². The number of benzene rings is 1. The van der Waals surface area contributed by atoms with Gasteiger partial charge in [-0.3, -0.25) is 0 Å². The van der Waals surface area contributed by atoms with E-state index in [1.165, 1.54) is 11.1 Å². The van der Waals surface area contributed by atoms with Crippen LogP contribution >= 0.6 is 0 Å². The van der Waals surface area contributed by atoms with Gasteiger partial charge in [0.25, 0.3) is 0 Å². The van der Waals surface area contributed by atoms with E-state index in [4.69, 9.17) is 4.74 Å². The highest BCUT2D eigenvalue weighted by molar-refractivity contribution is 5.68. The van der Waals surface area contributed by atoms with Gasteiger partial charge in [0.15, 0.2) is 0 Å². The lowest BCUT2D eigenvalue weighted by atomic mass is 9.93. The van der Waals surface area contributed by atoms with E-state index in [1.54, 1.807) is 0 Å². The number of alkyl carbamates (subject to hydrolysis) is 1. The molecule has 1 aromatic carbocycles. The van der Waals surface area contributed by atoms with Gasteiger partial charge >= 0.3 is 6.09 Å². The molecule has 1 saturated heterocycles. The van der Waals surface area contributed by atoms with Crippen LogP contribution in [0, 0.1) is 0 Å². The van der Waals surface area contributed by atoms with Gasteiger partial charge in [-0.05, 0) is 38.3 Å². The number of carbonyl (C=O) groups excluding carboxylic acids is 1. The van der Waals surface area contributed by atoms with Gasteiger partial charge in [-0.25, -0.2) is 4.79 Å². The van der Waals surface area contributed by atoms with Gasteiger partial charge in [0, 0.05) is 19.0 Å². The van der Waals surface area contributed by atoms with Crippen LogP contribution in [0.2, 0.25) is 0 Å². The third-order valence-corrected chi connectivity index (χ3v) is 3.73. The monoisotopic (exact) mass is 290 g/mol. The van der Waals surface area contributed by atoms with Crippen LogP contribution in [-0.2, 0) is 11.2 Å². The Balaban J connectivity index is 2.01. The molecule has 0 spiro atoms. The number of ether oxygens (including phenoxy) is 1. The van der Waals surface area contributed by atoms with Crippen molar-refractivity contribution in [1.82, 2.24) is 10.6 Å². The molecule has 2 rings (SSSR count). The number of hydrogen-bond donors (Lipinski definition) is 2. The fraction of sp³-hybridized carbons (Fsp3) is 0.588. The Bertz CT molecular complexity index is 477. The number of nitrogens with one attached hydrogen (secondary N) is 2. The Morgan fingerprint density at radius 1 is 1.29 bits per heavy atom. The zero-order valence-corrected chi connectivity index (χ0v) is 13.4. The number of rotatable bonds is 3. The van der Waals surface area contributed by atoms with Crippen LogP contribution in [0.4, 0.5) is 4.79 Å². The van der Waals surface area contributed by atoms with Gasteiger partial charge in [-0.15, -0.1) is 0 Å². The summed E-state index contributed by atoms with van der Waals surface area (Å²) in [6.45, 7) is 9.44. The van der Waals surface area contributed by atoms with Crippen LogP contribution in [-0.4, -0.2) is 30.8 Å². The molecular formula is C17H26N2O2. The quantitative estimate of drug-likeness (QED) is 0.900. The molecule has 2 N–H and O–H groups in total. The highest BCUT2D eigenvalue weighted by Gasteiger charge is 2.31. The Kier molecular flexibility index (Phi) is 4.88. The molecule has 0 radical (unpaired) electrons. The van der Waals surface area contributed by atoms with E-state index in [0.29, 0.717) is 5.92 Å². The minimum atomic E-state index is -0.464. The molecule has 0 bridgehead atoms. The summed E-state index contributed by atoms with van der Waals surface area (Å²) < 4.78 is 5.34. The van der Waals surface area contributed by atoms with Gasteiger partial charge in [-0.1, -0.05) is 31.2 Å².